The second-order valence-electron chi connectivity index (χ2n) is 5.34. The molecule has 0 aromatic rings. The Balaban J connectivity index is 2.54. The fourth-order valence-electron chi connectivity index (χ4n) is 2.64. The lowest BCUT2D eigenvalue weighted by molar-refractivity contribution is 0.120. The molecule has 5 atom stereocenters. The third kappa shape index (κ3) is 5.51. The van der Waals surface area contributed by atoms with E-state index in [4.69, 9.17) is 13.0 Å². The molecule has 3 nitrogen and oxygen atoms in total. The summed E-state index contributed by atoms with van der Waals surface area (Å²) in [4.78, 5) is 0. The summed E-state index contributed by atoms with van der Waals surface area (Å²) in [6, 6.07) is -1.01. The summed E-state index contributed by atoms with van der Waals surface area (Å²) in [7, 11) is 5.26. The first kappa shape index (κ1) is 16.5. The highest BCUT2D eigenvalue weighted by Crippen LogP contribution is 2.36. The van der Waals surface area contributed by atoms with Gasteiger partial charge in [0.05, 0.1) is 12.2 Å². The summed E-state index contributed by atoms with van der Waals surface area (Å²) in [5.41, 5.74) is 0. The SMILES string of the molecule is [B]C(O)/C=C/[C@H]1[C@H](O)CC(O)[C@@H]1C/C=C\CCCC. The Kier molecular flexibility index (Phi) is 7.43. The minimum atomic E-state index is -1.01. The van der Waals surface area contributed by atoms with Crippen LogP contribution in [-0.2, 0) is 0 Å². The molecule has 0 spiro atoms. The molecule has 19 heavy (non-hydrogen) atoms. The molecule has 1 aliphatic carbocycles. The first-order valence-electron chi connectivity index (χ1n) is 7.19. The fourth-order valence-corrected chi connectivity index (χ4v) is 2.64. The zero-order valence-corrected chi connectivity index (χ0v) is 11.7. The molecule has 0 heterocycles. The van der Waals surface area contributed by atoms with Crippen LogP contribution in [0, 0.1) is 11.8 Å². The van der Waals surface area contributed by atoms with E-state index in [1.54, 1.807) is 6.08 Å². The number of unbranched alkanes of at least 4 members (excludes halogenated alkanes) is 2. The van der Waals surface area contributed by atoms with Crippen LogP contribution >= 0.6 is 0 Å². The quantitative estimate of drug-likeness (QED) is 0.371. The number of hydrogen-bond donors (Lipinski definition) is 3. The lowest BCUT2D eigenvalue weighted by atomic mass is 9.88. The van der Waals surface area contributed by atoms with Gasteiger partial charge in [-0.2, -0.15) is 0 Å². The first-order chi connectivity index (χ1) is 9.06. The van der Waals surface area contributed by atoms with E-state index in [0.29, 0.717) is 6.42 Å². The predicted octanol–water partition coefficient (Wildman–Crippen LogP) is 1.52. The summed E-state index contributed by atoms with van der Waals surface area (Å²) in [6.07, 6.45) is 10.9. The van der Waals surface area contributed by atoms with Crippen molar-refractivity contribution in [2.24, 2.45) is 11.8 Å². The molecule has 4 heteroatoms. The molecule has 0 saturated heterocycles. The molecule has 1 fully saturated rings. The van der Waals surface area contributed by atoms with Crippen molar-refractivity contribution in [1.82, 2.24) is 0 Å². The van der Waals surface area contributed by atoms with Crippen LogP contribution in [0.3, 0.4) is 0 Å². The largest absolute Gasteiger partial charge is 0.399 e. The molecule has 0 bridgehead atoms. The zero-order valence-electron chi connectivity index (χ0n) is 11.7. The topological polar surface area (TPSA) is 60.7 Å². The highest BCUT2D eigenvalue weighted by atomic mass is 16.3. The summed E-state index contributed by atoms with van der Waals surface area (Å²) < 4.78 is 0. The Morgan fingerprint density at radius 1 is 1.26 bits per heavy atom. The number of aliphatic hydroxyl groups is 3. The lowest BCUT2D eigenvalue weighted by Gasteiger charge is -2.19. The minimum absolute atomic E-state index is 0.00266. The van der Waals surface area contributed by atoms with Crippen molar-refractivity contribution in [3.05, 3.63) is 24.3 Å². The highest BCUT2D eigenvalue weighted by Gasteiger charge is 2.39. The van der Waals surface area contributed by atoms with Crippen LogP contribution < -0.4 is 0 Å². The zero-order chi connectivity index (χ0) is 14.3. The number of allylic oxidation sites excluding steroid dienone is 2. The Labute approximate surface area is 117 Å². The summed E-state index contributed by atoms with van der Waals surface area (Å²) in [5.74, 6) is -0.132. The van der Waals surface area contributed by atoms with Gasteiger partial charge in [-0.25, -0.2) is 0 Å². The van der Waals surface area contributed by atoms with Crippen molar-refractivity contribution >= 4 is 7.85 Å². The van der Waals surface area contributed by atoms with Crippen LogP contribution in [0.5, 0.6) is 0 Å². The molecule has 1 aliphatic rings. The second kappa shape index (κ2) is 8.57. The van der Waals surface area contributed by atoms with Crippen molar-refractivity contribution in [2.45, 2.75) is 57.2 Å². The molecule has 0 aromatic carbocycles. The van der Waals surface area contributed by atoms with Gasteiger partial charge in [-0.05, 0) is 18.8 Å². The lowest BCUT2D eigenvalue weighted by Crippen LogP contribution is -2.20. The Bertz CT molecular complexity index is 302. The van der Waals surface area contributed by atoms with E-state index in [0.717, 1.165) is 12.8 Å². The van der Waals surface area contributed by atoms with Gasteiger partial charge in [0, 0.05) is 18.3 Å². The number of hydrogen-bond acceptors (Lipinski definition) is 3. The Morgan fingerprint density at radius 2 is 2.00 bits per heavy atom. The van der Waals surface area contributed by atoms with Crippen molar-refractivity contribution in [3.8, 4) is 0 Å². The molecule has 0 amide bonds. The minimum Gasteiger partial charge on any atom is -0.399 e. The van der Waals surface area contributed by atoms with Crippen LogP contribution in [0.15, 0.2) is 24.3 Å². The average Bonchev–Trinajstić information content (AvgIpc) is 2.61. The molecule has 3 N–H and O–H groups in total. The third-order valence-electron chi connectivity index (χ3n) is 3.75. The monoisotopic (exact) mass is 264 g/mol. The molecule has 106 valence electrons. The van der Waals surface area contributed by atoms with Gasteiger partial charge >= 0.3 is 0 Å². The van der Waals surface area contributed by atoms with E-state index in [9.17, 15) is 10.2 Å². The summed E-state index contributed by atoms with van der Waals surface area (Å²) in [5, 5.41) is 29.0. The maximum Gasteiger partial charge on any atom is 0.114 e. The molecule has 1 saturated carbocycles. The molecule has 2 unspecified atom stereocenters. The summed E-state index contributed by atoms with van der Waals surface area (Å²) >= 11 is 0. The van der Waals surface area contributed by atoms with Crippen molar-refractivity contribution < 1.29 is 15.3 Å². The van der Waals surface area contributed by atoms with Crippen molar-refractivity contribution in [1.29, 1.82) is 0 Å². The second-order valence-corrected chi connectivity index (χ2v) is 5.34. The van der Waals surface area contributed by atoms with Gasteiger partial charge in [-0.15, -0.1) is 0 Å². The predicted molar refractivity (Wildman–Crippen MR) is 77.8 cm³/mol. The molecule has 0 aliphatic heterocycles. The first-order valence-corrected chi connectivity index (χ1v) is 7.19. The molecular formula is C15H25BO3. The molecule has 0 aromatic heterocycles. The summed E-state index contributed by atoms with van der Waals surface area (Å²) in [6.45, 7) is 2.16. The van der Waals surface area contributed by atoms with E-state index in [-0.39, 0.29) is 11.8 Å². The third-order valence-corrected chi connectivity index (χ3v) is 3.75. The molecule has 2 radical (unpaired) electrons. The number of rotatable bonds is 7. The maximum absolute atomic E-state index is 9.98. The van der Waals surface area contributed by atoms with Gasteiger partial charge in [0.15, 0.2) is 0 Å². The Hall–Kier alpha value is -0.575. The highest BCUT2D eigenvalue weighted by molar-refractivity contribution is 6.12. The number of aliphatic hydroxyl groups excluding tert-OH is 3. The molecular weight excluding hydrogens is 239 g/mol. The van der Waals surface area contributed by atoms with E-state index >= 15 is 0 Å². The van der Waals surface area contributed by atoms with Crippen LogP contribution in [0.4, 0.5) is 0 Å². The van der Waals surface area contributed by atoms with Crippen LogP contribution in [-0.4, -0.2) is 41.4 Å². The van der Waals surface area contributed by atoms with Gasteiger partial charge in [-0.3, -0.25) is 0 Å². The van der Waals surface area contributed by atoms with Gasteiger partial charge in [-0.1, -0.05) is 44.1 Å². The molecule has 1 rings (SSSR count). The maximum atomic E-state index is 9.98. The van der Waals surface area contributed by atoms with Gasteiger partial charge in [0.25, 0.3) is 0 Å². The van der Waals surface area contributed by atoms with Gasteiger partial charge in [0.1, 0.15) is 7.85 Å². The standard InChI is InChI=1S/C15H25BO3/c1-2-3-4-5-6-7-11-12(8-9-15(16)19)14(18)10-13(11)17/h5-6,8-9,11-15,17-19H,2-4,7,10H2,1H3/b6-5-,9-8+/t11-,12-,13?,14-,15?/m1/s1. The van der Waals surface area contributed by atoms with E-state index in [1.165, 1.54) is 18.9 Å². The van der Waals surface area contributed by atoms with Crippen LogP contribution in [0.25, 0.3) is 0 Å². The average molecular weight is 264 g/mol. The van der Waals surface area contributed by atoms with E-state index < -0.39 is 18.2 Å². The Morgan fingerprint density at radius 3 is 2.63 bits per heavy atom. The van der Waals surface area contributed by atoms with Crippen LogP contribution in [0.2, 0.25) is 0 Å². The van der Waals surface area contributed by atoms with Crippen molar-refractivity contribution in [2.75, 3.05) is 0 Å². The fraction of sp³-hybridized carbons (Fsp3) is 0.733. The van der Waals surface area contributed by atoms with Crippen LogP contribution in [0.1, 0.15) is 39.0 Å². The van der Waals surface area contributed by atoms with E-state index in [1.807, 2.05) is 0 Å². The van der Waals surface area contributed by atoms with Gasteiger partial charge < -0.3 is 15.3 Å². The smallest absolute Gasteiger partial charge is 0.114 e. The normalized spacial score (nSPS) is 33.5. The van der Waals surface area contributed by atoms with E-state index in [2.05, 4.69) is 19.1 Å². The van der Waals surface area contributed by atoms with Gasteiger partial charge in [0.2, 0.25) is 0 Å². The van der Waals surface area contributed by atoms with Crippen molar-refractivity contribution in [3.63, 3.8) is 0 Å².